The average molecular weight is 358 g/mol. The second-order valence-corrected chi connectivity index (χ2v) is 5.95. The lowest BCUT2D eigenvalue weighted by atomic mass is 10.2. The summed E-state index contributed by atoms with van der Waals surface area (Å²) in [7, 11) is 0. The number of carboxylic acid groups (broad SMARTS) is 1. The summed E-state index contributed by atoms with van der Waals surface area (Å²) >= 11 is 0. The van der Waals surface area contributed by atoms with Crippen LogP contribution in [0, 0.1) is 5.92 Å². The molecule has 9 heteroatoms. The second kappa shape index (κ2) is 7.04. The van der Waals surface area contributed by atoms with Crippen molar-refractivity contribution < 1.29 is 32.6 Å². The summed E-state index contributed by atoms with van der Waals surface area (Å²) in [4.78, 5) is 27.4. The molecule has 6 nitrogen and oxygen atoms in total. The number of rotatable bonds is 6. The Kier molecular flexibility index (Phi) is 5.24. The first-order chi connectivity index (χ1) is 11.5. The molecule has 0 saturated heterocycles. The zero-order chi connectivity index (χ0) is 18.8. The lowest BCUT2D eigenvalue weighted by Gasteiger charge is -2.22. The van der Waals surface area contributed by atoms with Crippen LogP contribution < -0.4 is 4.74 Å². The Balaban J connectivity index is 2.29. The molecular formula is C16H17F3N2O4. The molecule has 0 aliphatic carbocycles. The van der Waals surface area contributed by atoms with E-state index in [1.54, 1.807) is 0 Å². The van der Waals surface area contributed by atoms with Crippen LogP contribution >= 0.6 is 0 Å². The maximum absolute atomic E-state index is 12.5. The van der Waals surface area contributed by atoms with E-state index in [1.165, 1.54) is 17.0 Å². The minimum Gasteiger partial charge on any atom is -0.480 e. The summed E-state index contributed by atoms with van der Waals surface area (Å²) in [5, 5.41) is 9.46. The Hall–Kier alpha value is -2.71. The van der Waals surface area contributed by atoms with Crippen molar-refractivity contribution in [2.75, 3.05) is 13.1 Å². The van der Waals surface area contributed by atoms with Crippen LogP contribution in [0.4, 0.5) is 13.2 Å². The number of nitrogens with zero attached hydrogens (tertiary/aromatic N) is 1. The van der Waals surface area contributed by atoms with Crippen LogP contribution in [-0.2, 0) is 4.79 Å². The van der Waals surface area contributed by atoms with Crippen LogP contribution in [0.15, 0.2) is 24.3 Å². The number of H-pyrrole nitrogens is 1. The minimum absolute atomic E-state index is 0.0551. The molecule has 1 amide bonds. The molecule has 2 aromatic rings. The molecule has 25 heavy (non-hydrogen) atoms. The zero-order valence-electron chi connectivity index (χ0n) is 13.6. The molecule has 0 saturated carbocycles. The molecule has 0 radical (unpaired) electrons. The van der Waals surface area contributed by atoms with Crippen molar-refractivity contribution in [1.29, 1.82) is 0 Å². The van der Waals surface area contributed by atoms with Crippen LogP contribution in [0.5, 0.6) is 5.75 Å². The number of alkyl halides is 3. The molecule has 0 spiro atoms. The van der Waals surface area contributed by atoms with E-state index in [1.807, 2.05) is 13.8 Å². The highest BCUT2D eigenvalue weighted by atomic mass is 19.4. The molecular weight excluding hydrogens is 341 g/mol. The molecule has 1 aromatic heterocycles. The Morgan fingerprint density at radius 3 is 2.52 bits per heavy atom. The number of hydrogen-bond donors (Lipinski definition) is 2. The lowest BCUT2D eigenvalue weighted by Crippen LogP contribution is -2.38. The normalized spacial score (nSPS) is 11.8. The van der Waals surface area contributed by atoms with Gasteiger partial charge in [-0.15, -0.1) is 13.2 Å². The Bertz CT molecular complexity index is 783. The number of nitrogens with one attached hydrogen (secondary N) is 1. The fourth-order valence-corrected chi connectivity index (χ4v) is 2.41. The number of fused-ring (bicyclic) bond motifs is 1. The SMILES string of the molecule is CC(C)CN(CC(=O)O)C(=O)c1cc2ccc(OC(F)(F)F)cc2[nH]1. The van der Waals surface area contributed by atoms with Gasteiger partial charge >= 0.3 is 12.3 Å². The zero-order valence-corrected chi connectivity index (χ0v) is 13.6. The predicted octanol–water partition coefficient (Wildman–Crippen LogP) is 3.25. The Morgan fingerprint density at radius 1 is 1.28 bits per heavy atom. The molecule has 0 unspecified atom stereocenters. The predicted molar refractivity (Wildman–Crippen MR) is 83.4 cm³/mol. The van der Waals surface area contributed by atoms with E-state index in [2.05, 4.69) is 9.72 Å². The van der Waals surface area contributed by atoms with Gasteiger partial charge in [-0.1, -0.05) is 13.8 Å². The number of aliphatic carboxylic acids is 1. The van der Waals surface area contributed by atoms with E-state index in [-0.39, 0.29) is 23.7 Å². The van der Waals surface area contributed by atoms with Crippen LogP contribution in [0.3, 0.4) is 0 Å². The summed E-state index contributed by atoms with van der Waals surface area (Å²) in [6.45, 7) is 3.46. The topological polar surface area (TPSA) is 82.6 Å². The molecule has 0 aliphatic heterocycles. The van der Waals surface area contributed by atoms with Gasteiger partial charge in [0.05, 0.1) is 0 Å². The second-order valence-electron chi connectivity index (χ2n) is 5.95. The van der Waals surface area contributed by atoms with E-state index in [4.69, 9.17) is 5.11 Å². The number of amides is 1. The van der Waals surface area contributed by atoms with Crippen LogP contribution in [0.25, 0.3) is 10.9 Å². The highest BCUT2D eigenvalue weighted by molar-refractivity contribution is 5.99. The third-order valence-corrected chi connectivity index (χ3v) is 3.26. The number of benzene rings is 1. The van der Waals surface area contributed by atoms with Crippen molar-refractivity contribution in [2.24, 2.45) is 5.92 Å². The molecule has 2 N–H and O–H groups in total. The standard InChI is InChI=1S/C16H17F3N2O4/c1-9(2)7-21(8-14(22)23)15(24)13-5-10-3-4-11(6-12(10)20-13)25-16(17,18)19/h3-6,9,20H,7-8H2,1-2H3,(H,22,23). The fraction of sp³-hybridized carbons (Fsp3) is 0.375. The van der Waals surface area contributed by atoms with Crippen molar-refractivity contribution in [1.82, 2.24) is 9.88 Å². The number of hydrogen-bond acceptors (Lipinski definition) is 3. The maximum atomic E-state index is 12.5. The first-order valence-electron chi connectivity index (χ1n) is 7.44. The average Bonchev–Trinajstić information content (AvgIpc) is 2.86. The highest BCUT2D eigenvalue weighted by Gasteiger charge is 2.31. The third kappa shape index (κ3) is 5.13. The Labute approximate surface area is 141 Å². The maximum Gasteiger partial charge on any atom is 0.573 e. The van der Waals surface area contributed by atoms with Crippen LogP contribution in [-0.4, -0.2) is 46.3 Å². The van der Waals surface area contributed by atoms with E-state index >= 15 is 0 Å². The monoisotopic (exact) mass is 358 g/mol. The van der Waals surface area contributed by atoms with Gasteiger partial charge in [-0.3, -0.25) is 9.59 Å². The van der Waals surface area contributed by atoms with Gasteiger partial charge in [0, 0.05) is 23.5 Å². The van der Waals surface area contributed by atoms with Gasteiger partial charge in [0.25, 0.3) is 5.91 Å². The summed E-state index contributed by atoms with van der Waals surface area (Å²) in [6, 6.07) is 5.11. The van der Waals surface area contributed by atoms with Gasteiger partial charge in [-0.05, 0) is 24.1 Å². The molecule has 1 aromatic carbocycles. The fourth-order valence-electron chi connectivity index (χ4n) is 2.41. The van der Waals surface area contributed by atoms with Gasteiger partial charge in [-0.2, -0.15) is 0 Å². The van der Waals surface area contributed by atoms with Gasteiger partial charge in [-0.25, -0.2) is 0 Å². The molecule has 0 fully saturated rings. The highest BCUT2D eigenvalue weighted by Crippen LogP contribution is 2.27. The summed E-state index contributed by atoms with van der Waals surface area (Å²) < 4.78 is 40.7. The van der Waals surface area contributed by atoms with Gasteiger partial charge in [0.2, 0.25) is 0 Å². The lowest BCUT2D eigenvalue weighted by molar-refractivity contribution is -0.274. The van der Waals surface area contributed by atoms with Crippen molar-refractivity contribution >= 4 is 22.8 Å². The number of aromatic amines is 1. The van der Waals surface area contributed by atoms with Gasteiger partial charge in [0.15, 0.2) is 0 Å². The number of ether oxygens (including phenoxy) is 1. The first kappa shape index (κ1) is 18.6. The smallest absolute Gasteiger partial charge is 0.480 e. The molecule has 1 heterocycles. The van der Waals surface area contributed by atoms with Gasteiger partial charge in [0.1, 0.15) is 18.0 Å². The van der Waals surface area contributed by atoms with Crippen LogP contribution in [0.2, 0.25) is 0 Å². The van der Waals surface area contributed by atoms with Crippen molar-refractivity contribution in [2.45, 2.75) is 20.2 Å². The number of halogens is 3. The number of carboxylic acids is 1. The third-order valence-electron chi connectivity index (χ3n) is 3.26. The van der Waals surface area contributed by atoms with Crippen LogP contribution in [0.1, 0.15) is 24.3 Å². The number of carbonyl (C=O) groups excluding carboxylic acids is 1. The van der Waals surface area contributed by atoms with Crippen molar-refractivity contribution in [3.63, 3.8) is 0 Å². The summed E-state index contributed by atoms with van der Waals surface area (Å²) in [5.41, 5.74) is 0.381. The minimum atomic E-state index is -4.81. The summed E-state index contributed by atoms with van der Waals surface area (Å²) in [6.07, 6.45) is -4.81. The van der Waals surface area contributed by atoms with Gasteiger partial charge < -0.3 is 19.7 Å². The first-order valence-corrected chi connectivity index (χ1v) is 7.44. The number of aromatic nitrogens is 1. The van der Waals surface area contributed by atoms with E-state index in [9.17, 15) is 22.8 Å². The Morgan fingerprint density at radius 2 is 1.96 bits per heavy atom. The number of carbonyl (C=O) groups is 2. The van der Waals surface area contributed by atoms with E-state index in [0.717, 1.165) is 12.1 Å². The van der Waals surface area contributed by atoms with E-state index < -0.39 is 30.5 Å². The summed E-state index contributed by atoms with van der Waals surface area (Å²) in [5.74, 6) is -2.04. The van der Waals surface area contributed by atoms with Crippen molar-refractivity contribution in [3.8, 4) is 5.75 Å². The molecule has 0 atom stereocenters. The van der Waals surface area contributed by atoms with Crippen molar-refractivity contribution in [3.05, 3.63) is 30.0 Å². The quantitative estimate of drug-likeness (QED) is 0.830. The largest absolute Gasteiger partial charge is 0.573 e. The molecule has 136 valence electrons. The molecule has 0 aliphatic rings. The van der Waals surface area contributed by atoms with E-state index in [0.29, 0.717) is 5.39 Å². The molecule has 2 rings (SSSR count). The molecule has 0 bridgehead atoms.